The standard InChI is InChI=1S/C16H12O5/c17-8-10-5-9(1-4-13(10)19)15-7-14(20)12-3-2-11(18)6-16(12)21-15/h1-6,8,15,18-19H,7H2/t15-/m0/s1. The number of aldehydes is 1. The van der Waals surface area contributed by atoms with Crippen LogP contribution in [0.1, 0.15) is 38.8 Å². The second-order valence-corrected chi connectivity index (χ2v) is 4.85. The summed E-state index contributed by atoms with van der Waals surface area (Å²) in [5, 5.41) is 19.0. The topological polar surface area (TPSA) is 83.8 Å². The third kappa shape index (κ3) is 2.33. The largest absolute Gasteiger partial charge is 0.508 e. The number of aromatic hydroxyl groups is 2. The van der Waals surface area contributed by atoms with Crippen molar-refractivity contribution >= 4 is 12.1 Å². The van der Waals surface area contributed by atoms with Gasteiger partial charge in [-0.1, -0.05) is 6.07 Å². The fourth-order valence-corrected chi connectivity index (χ4v) is 2.37. The molecule has 2 aromatic rings. The molecule has 1 aliphatic rings. The average Bonchev–Trinajstić information content (AvgIpc) is 2.47. The number of phenolic OH excluding ortho intramolecular Hbond substituents is 2. The van der Waals surface area contributed by atoms with Gasteiger partial charge in [0, 0.05) is 6.07 Å². The zero-order valence-corrected chi connectivity index (χ0v) is 10.9. The number of hydrogen-bond donors (Lipinski definition) is 2. The lowest BCUT2D eigenvalue weighted by molar-refractivity contribution is 0.0849. The van der Waals surface area contributed by atoms with Gasteiger partial charge in [0.15, 0.2) is 12.1 Å². The number of ether oxygens (including phenoxy) is 1. The molecule has 0 amide bonds. The van der Waals surface area contributed by atoms with E-state index in [1.165, 1.54) is 30.3 Å². The number of phenols is 2. The molecule has 3 rings (SSSR count). The van der Waals surface area contributed by atoms with Crippen LogP contribution < -0.4 is 4.74 Å². The van der Waals surface area contributed by atoms with Crippen molar-refractivity contribution in [3.63, 3.8) is 0 Å². The van der Waals surface area contributed by atoms with E-state index in [9.17, 15) is 19.8 Å². The molecular weight excluding hydrogens is 272 g/mol. The maximum atomic E-state index is 12.1. The van der Waals surface area contributed by atoms with Gasteiger partial charge in [-0.3, -0.25) is 9.59 Å². The number of benzene rings is 2. The van der Waals surface area contributed by atoms with Gasteiger partial charge in [0.2, 0.25) is 0 Å². The van der Waals surface area contributed by atoms with Gasteiger partial charge >= 0.3 is 0 Å². The Hall–Kier alpha value is -2.82. The lowest BCUT2D eigenvalue weighted by Gasteiger charge is -2.25. The van der Waals surface area contributed by atoms with E-state index in [0.717, 1.165) is 0 Å². The Morgan fingerprint density at radius 3 is 2.71 bits per heavy atom. The lowest BCUT2D eigenvalue weighted by Crippen LogP contribution is -2.20. The molecule has 0 saturated carbocycles. The van der Waals surface area contributed by atoms with Gasteiger partial charge in [-0.05, 0) is 29.8 Å². The van der Waals surface area contributed by atoms with Gasteiger partial charge in [-0.2, -0.15) is 0 Å². The fraction of sp³-hybridized carbons (Fsp3) is 0.125. The summed E-state index contributed by atoms with van der Waals surface area (Å²) in [6, 6.07) is 8.84. The van der Waals surface area contributed by atoms with Crippen molar-refractivity contribution in [2.24, 2.45) is 0 Å². The van der Waals surface area contributed by atoms with Gasteiger partial charge in [-0.15, -0.1) is 0 Å². The van der Waals surface area contributed by atoms with Crippen LogP contribution in [-0.2, 0) is 0 Å². The first-order valence-electron chi connectivity index (χ1n) is 6.39. The minimum absolute atomic E-state index is 0.0153. The average molecular weight is 284 g/mol. The molecule has 5 heteroatoms. The second-order valence-electron chi connectivity index (χ2n) is 4.85. The molecule has 21 heavy (non-hydrogen) atoms. The quantitative estimate of drug-likeness (QED) is 0.828. The van der Waals surface area contributed by atoms with Crippen LogP contribution >= 0.6 is 0 Å². The number of carbonyl (C=O) groups is 2. The van der Waals surface area contributed by atoms with Crippen LogP contribution in [0, 0.1) is 0 Å². The molecule has 2 aromatic carbocycles. The summed E-state index contributed by atoms with van der Waals surface area (Å²) in [6.45, 7) is 0. The second kappa shape index (κ2) is 4.94. The highest BCUT2D eigenvalue weighted by Crippen LogP contribution is 2.37. The van der Waals surface area contributed by atoms with E-state index in [-0.39, 0.29) is 29.3 Å². The van der Waals surface area contributed by atoms with Crippen molar-refractivity contribution in [2.75, 3.05) is 0 Å². The molecule has 2 N–H and O–H groups in total. The Kier molecular flexibility index (Phi) is 3.10. The molecule has 5 nitrogen and oxygen atoms in total. The fourth-order valence-electron chi connectivity index (χ4n) is 2.37. The molecule has 0 aliphatic carbocycles. The van der Waals surface area contributed by atoms with Crippen molar-refractivity contribution in [1.29, 1.82) is 0 Å². The maximum Gasteiger partial charge on any atom is 0.170 e. The zero-order valence-electron chi connectivity index (χ0n) is 10.9. The molecule has 0 unspecified atom stereocenters. The van der Waals surface area contributed by atoms with Gasteiger partial charge in [0.1, 0.15) is 23.4 Å². The SMILES string of the molecule is O=Cc1cc([C@@H]2CC(=O)c3ccc(O)cc3O2)ccc1O. The Balaban J connectivity index is 1.99. The lowest BCUT2D eigenvalue weighted by atomic mass is 9.95. The van der Waals surface area contributed by atoms with Crippen LogP contribution in [0.15, 0.2) is 36.4 Å². The molecule has 0 fully saturated rings. The number of fused-ring (bicyclic) bond motifs is 1. The first-order chi connectivity index (χ1) is 10.1. The predicted molar refractivity (Wildman–Crippen MR) is 73.9 cm³/mol. The van der Waals surface area contributed by atoms with Crippen molar-refractivity contribution in [3.8, 4) is 17.2 Å². The minimum atomic E-state index is -0.550. The van der Waals surface area contributed by atoms with Crippen LogP contribution in [0.4, 0.5) is 0 Å². The number of carbonyl (C=O) groups excluding carboxylic acids is 2. The monoisotopic (exact) mass is 284 g/mol. The van der Waals surface area contributed by atoms with Crippen molar-refractivity contribution in [2.45, 2.75) is 12.5 Å². The smallest absolute Gasteiger partial charge is 0.170 e. The van der Waals surface area contributed by atoms with Crippen LogP contribution in [0.5, 0.6) is 17.2 Å². The molecular formula is C16H12O5. The Labute approximate surface area is 120 Å². The highest BCUT2D eigenvalue weighted by molar-refractivity contribution is 6.00. The summed E-state index contributed by atoms with van der Waals surface area (Å²) < 4.78 is 5.73. The minimum Gasteiger partial charge on any atom is -0.508 e. The first kappa shape index (κ1) is 13.2. The Bertz CT molecular complexity index is 735. The Morgan fingerprint density at radius 2 is 1.95 bits per heavy atom. The van der Waals surface area contributed by atoms with Crippen LogP contribution in [0.25, 0.3) is 0 Å². The summed E-state index contributed by atoms with van der Waals surface area (Å²) in [4.78, 5) is 23.0. The van der Waals surface area contributed by atoms with Crippen LogP contribution in [0.3, 0.4) is 0 Å². The van der Waals surface area contributed by atoms with E-state index in [1.54, 1.807) is 6.07 Å². The highest BCUT2D eigenvalue weighted by atomic mass is 16.5. The molecule has 1 heterocycles. The van der Waals surface area contributed by atoms with Gasteiger partial charge in [0.25, 0.3) is 0 Å². The normalized spacial score (nSPS) is 17.0. The van der Waals surface area contributed by atoms with E-state index < -0.39 is 6.10 Å². The van der Waals surface area contributed by atoms with Crippen LogP contribution in [-0.4, -0.2) is 22.3 Å². The third-order valence-corrected chi connectivity index (χ3v) is 3.46. The van der Waals surface area contributed by atoms with Crippen molar-refractivity contribution in [3.05, 3.63) is 53.1 Å². The van der Waals surface area contributed by atoms with Gasteiger partial charge in [0.05, 0.1) is 17.5 Å². The zero-order chi connectivity index (χ0) is 15.0. The van der Waals surface area contributed by atoms with E-state index in [0.29, 0.717) is 23.2 Å². The molecule has 0 bridgehead atoms. The number of rotatable bonds is 2. The van der Waals surface area contributed by atoms with Crippen molar-refractivity contribution < 1.29 is 24.5 Å². The molecule has 0 saturated heterocycles. The predicted octanol–water partition coefficient (Wildman–Crippen LogP) is 2.62. The number of hydrogen-bond acceptors (Lipinski definition) is 5. The summed E-state index contributed by atoms with van der Waals surface area (Å²) >= 11 is 0. The molecule has 0 radical (unpaired) electrons. The molecule has 1 atom stereocenters. The molecule has 0 aromatic heterocycles. The summed E-state index contributed by atoms with van der Waals surface area (Å²) in [6.07, 6.45) is 0.135. The first-order valence-corrected chi connectivity index (χ1v) is 6.39. The van der Waals surface area contributed by atoms with E-state index in [4.69, 9.17) is 4.74 Å². The highest BCUT2D eigenvalue weighted by Gasteiger charge is 2.28. The maximum absolute atomic E-state index is 12.1. The third-order valence-electron chi connectivity index (χ3n) is 3.46. The molecule has 106 valence electrons. The number of Topliss-reactive ketones (excluding diaryl/α,β-unsaturated/α-hetero) is 1. The summed E-state index contributed by atoms with van der Waals surface area (Å²) in [5.41, 5.74) is 1.20. The number of ketones is 1. The van der Waals surface area contributed by atoms with E-state index >= 15 is 0 Å². The van der Waals surface area contributed by atoms with Gasteiger partial charge in [-0.25, -0.2) is 0 Å². The van der Waals surface area contributed by atoms with Crippen LogP contribution in [0.2, 0.25) is 0 Å². The van der Waals surface area contributed by atoms with E-state index in [1.807, 2.05) is 0 Å². The van der Waals surface area contributed by atoms with Gasteiger partial charge < -0.3 is 14.9 Å². The Morgan fingerprint density at radius 1 is 1.14 bits per heavy atom. The molecule has 0 spiro atoms. The summed E-state index contributed by atoms with van der Waals surface area (Å²) in [7, 11) is 0. The summed E-state index contributed by atoms with van der Waals surface area (Å²) in [5.74, 6) is 0.120. The molecule has 1 aliphatic heterocycles. The van der Waals surface area contributed by atoms with E-state index in [2.05, 4.69) is 0 Å². The van der Waals surface area contributed by atoms with Crippen molar-refractivity contribution in [1.82, 2.24) is 0 Å².